The van der Waals surface area contributed by atoms with Crippen LogP contribution in [-0.4, -0.2) is 20.7 Å². The van der Waals surface area contributed by atoms with Crippen molar-refractivity contribution in [1.82, 2.24) is 14.8 Å². The van der Waals surface area contributed by atoms with E-state index in [1.165, 1.54) is 28.2 Å². The summed E-state index contributed by atoms with van der Waals surface area (Å²) in [5.74, 6) is -0.587. The number of anilines is 1. The number of carbonyl (C=O) groups excluding carboxylic acids is 1. The largest absolute Gasteiger partial charge is 0.298 e. The van der Waals surface area contributed by atoms with Crippen molar-refractivity contribution in [2.75, 3.05) is 5.32 Å². The fourth-order valence-corrected chi connectivity index (χ4v) is 3.67. The zero-order valence-electron chi connectivity index (χ0n) is 14.8. The third-order valence-electron chi connectivity index (χ3n) is 3.91. The van der Waals surface area contributed by atoms with Gasteiger partial charge in [-0.3, -0.25) is 14.8 Å². The number of aryl methyl sites for hydroxylation is 2. The third kappa shape index (κ3) is 3.50. The molecule has 0 saturated carbocycles. The average molecular weight is 393 g/mol. The van der Waals surface area contributed by atoms with Crippen LogP contribution in [0.25, 0.3) is 11.3 Å². The number of hydrogen-bond acceptors (Lipinski definition) is 4. The molecule has 1 aromatic carbocycles. The summed E-state index contributed by atoms with van der Waals surface area (Å²) in [6.45, 7) is 5.81. The average Bonchev–Trinajstić information content (AvgIpc) is 3.08. The van der Waals surface area contributed by atoms with Gasteiger partial charge in [-0.05, 0) is 37.1 Å². The second kappa shape index (κ2) is 7.17. The van der Waals surface area contributed by atoms with Crippen molar-refractivity contribution in [3.63, 3.8) is 0 Å². The minimum Gasteiger partial charge on any atom is -0.298 e. The molecule has 0 aliphatic carbocycles. The molecule has 26 heavy (non-hydrogen) atoms. The predicted molar refractivity (Wildman–Crippen MR) is 103 cm³/mol. The van der Waals surface area contributed by atoms with Gasteiger partial charge in [0, 0.05) is 17.5 Å². The Kier molecular flexibility index (Phi) is 5.11. The number of amides is 1. The minimum atomic E-state index is -0.341. The van der Waals surface area contributed by atoms with Gasteiger partial charge in [-0.2, -0.15) is 5.10 Å². The van der Waals surface area contributed by atoms with E-state index in [0.29, 0.717) is 27.2 Å². The minimum absolute atomic E-state index is 0.0576. The summed E-state index contributed by atoms with van der Waals surface area (Å²) in [6.07, 6.45) is 0. The molecular formula is C18H18ClFN4OS. The molecule has 2 aromatic heterocycles. The van der Waals surface area contributed by atoms with Crippen LogP contribution < -0.4 is 5.32 Å². The molecule has 2 heterocycles. The maximum Gasteiger partial charge on any atom is 0.262 e. The first-order chi connectivity index (χ1) is 12.3. The lowest BCUT2D eigenvalue weighted by Crippen LogP contribution is -2.14. The molecule has 0 spiro atoms. The first kappa shape index (κ1) is 18.5. The van der Waals surface area contributed by atoms with Crippen LogP contribution in [0.15, 0.2) is 24.3 Å². The van der Waals surface area contributed by atoms with Crippen LogP contribution in [0.2, 0.25) is 5.15 Å². The van der Waals surface area contributed by atoms with Crippen LogP contribution in [0.5, 0.6) is 0 Å². The number of nitrogens with one attached hydrogen (secondary N) is 1. The Morgan fingerprint density at radius 2 is 1.96 bits per heavy atom. The fourth-order valence-electron chi connectivity index (χ4n) is 2.62. The van der Waals surface area contributed by atoms with Gasteiger partial charge in [0.15, 0.2) is 5.13 Å². The molecule has 0 aliphatic heterocycles. The van der Waals surface area contributed by atoms with Crippen molar-refractivity contribution >= 4 is 34.0 Å². The van der Waals surface area contributed by atoms with Crippen molar-refractivity contribution in [1.29, 1.82) is 0 Å². The summed E-state index contributed by atoms with van der Waals surface area (Å²) < 4.78 is 14.6. The normalized spacial score (nSPS) is 11.2. The van der Waals surface area contributed by atoms with Gasteiger partial charge in [0.2, 0.25) is 0 Å². The van der Waals surface area contributed by atoms with Crippen molar-refractivity contribution in [3.8, 4) is 11.3 Å². The number of carbonyl (C=O) groups is 1. The molecule has 1 amide bonds. The van der Waals surface area contributed by atoms with E-state index in [1.807, 2.05) is 20.8 Å². The van der Waals surface area contributed by atoms with E-state index in [2.05, 4.69) is 15.4 Å². The molecule has 0 atom stereocenters. The molecule has 136 valence electrons. The van der Waals surface area contributed by atoms with Gasteiger partial charge in [-0.25, -0.2) is 9.37 Å². The quantitative estimate of drug-likeness (QED) is 0.678. The van der Waals surface area contributed by atoms with Gasteiger partial charge in [0.25, 0.3) is 5.91 Å². The molecule has 0 radical (unpaired) electrons. The maximum absolute atomic E-state index is 13.1. The van der Waals surface area contributed by atoms with E-state index in [1.54, 1.807) is 19.2 Å². The summed E-state index contributed by atoms with van der Waals surface area (Å²) in [4.78, 5) is 18.1. The molecule has 3 rings (SSSR count). The lowest BCUT2D eigenvalue weighted by Gasteiger charge is -2.05. The van der Waals surface area contributed by atoms with Crippen molar-refractivity contribution < 1.29 is 9.18 Å². The third-order valence-corrected chi connectivity index (χ3v) is 5.23. The molecule has 3 aromatic rings. The van der Waals surface area contributed by atoms with Gasteiger partial charge in [-0.15, -0.1) is 11.3 Å². The standard InChI is InChI=1S/C18H18ClFN4OS/c1-9(2)14-13(16(19)24(4)23-14)17(25)22-18-21-15(10(3)26-18)11-5-7-12(20)8-6-11/h5-9H,1-4H3,(H,21,22,25). The second-order valence-corrected chi connectivity index (χ2v) is 7.78. The van der Waals surface area contributed by atoms with Gasteiger partial charge < -0.3 is 0 Å². The number of thiazole rings is 1. The van der Waals surface area contributed by atoms with Crippen LogP contribution in [0, 0.1) is 12.7 Å². The van der Waals surface area contributed by atoms with E-state index in [9.17, 15) is 9.18 Å². The van der Waals surface area contributed by atoms with Crippen LogP contribution >= 0.6 is 22.9 Å². The van der Waals surface area contributed by atoms with Crippen LogP contribution in [-0.2, 0) is 7.05 Å². The van der Waals surface area contributed by atoms with Crippen LogP contribution in [0.3, 0.4) is 0 Å². The molecule has 0 bridgehead atoms. The first-order valence-corrected chi connectivity index (χ1v) is 9.24. The first-order valence-electron chi connectivity index (χ1n) is 8.05. The topological polar surface area (TPSA) is 59.8 Å². The monoisotopic (exact) mass is 392 g/mol. The van der Waals surface area contributed by atoms with E-state index in [-0.39, 0.29) is 17.6 Å². The van der Waals surface area contributed by atoms with Crippen molar-refractivity contribution in [3.05, 3.63) is 51.4 Å². The summed E-state index contributed by atoms with van der Waals surface area (Å²) in [6, 6.07) is 6.10. The molecule has 0 saturated heterocycles. The highest BCUT2D eigenvalue weighted by Gasteiger charge is 2.24. The van der Waals surface area contributed by atoms with Gasteiger partial charge >= 0.3 is 0 Å². The fraction of sp³-hybridized carbons (Fsp3) is 0.278. The van der Waals surface area contributed by atoms with E-state index in [4.69, 9.17) is 11.6 Å². The molecular weight excluding hydrogens is 375 g/mol. The summed E-state index contributed by atoms with van der Waals surface area (Å²) in [5.41, 5.74) is 2.51. The lowest BCUT2D eigenvalue weighted by atomic mass is 10.1. The Hall–Kier alpha value is -2.25. The molecule has 8 heteroatoms. The predicted octanol–water partition coefficient (Wildman–Crippen LogP) is 5.02. The molecule has 5 nitrogen and oxygen atoms in total. The van der Waals surface area contributed by atoms with Gasteiger partial charge in [0.05, 0.1) is 11.4 Å². The summed E-state index contributed by atoms with van der Waals surface area (Å²) >= 11 is 7.61. The lowest BCUT2D eigenvalue weighted by molar-refractivity contribution is 0.102. The highest BCUT2D eigenvalue weighted by molar-refractivity contribution is 7.16. The Morgan fingerprint density at radius 1 is 1.31 bits per heavy atom. The Bertz CT molecular complexity index is 962. The number of rotatable bonds is 4. The second-order valence-electron chi connectivity index (χ2n) is 6.21. The maximum atomic E-state index is 13.1. The summed E-state index contributed by atoms with van der Waals surface area (Å²) in [5, 5.41) is 7.88. The van der Waals surface area contributed by atoms with Crippen LogP contribution in [0.4, 0.5) is 9.52 Å². The van der Waals surface area contributed by atoms with E-state index in [0.717, 1.165) is 10.4 Å². The zero-order chi connectivity index (χ0) is 19.0. The number of hydrogen-bond donors (Lipinski definition) is 1. The molecule has 0 fully saturated rings. The highest BCUT2D eigenvalue weighted by Crippen LogP contribution is 2.32. The Morgan fingerprint density at radius 3 is 2.58 bits per heavy atom. The van der Waals surface area contributed by atoms with Gasteiger partial charge in [-0.1, -0.05) is 25.4 Å². The number of aromatic nitrogens is 3. The number of benzene rings is 1. The Balaban J connectivity index is 1.90. The summed E-state index contributed by atoms with van der Waals surface area (Å²) in [7, 11) is 1.70. The number of halogens is 2. The van der Waals surface area contributed by atoms with Crippen LogP contribution in [0.1, 0.15) is 40.7 Å². The smallest absolute Gasteiger partial charge is 0.262 e. The highest BCUT2D eigenvalue weighted by atomic mass is 35.5. The van der Waals surface area contributed by atoms with E-state index < -0.39 is 0 Å². The SMILES string of the molecule is Cc1sc(NC(=O)c2c(C(C)C)nn(C)c2Cl)nc1-c1ccc(F)cc1. The number of nitrogens with zero attached hydrogens (tertiary/aromatic N) is 3. The zero-order valence-corrected chi connectivity index (χ0v) is 16.4. The van der Waals surface area contributed by atoms with Crippen molar-refractivity contribution in [2.45, 2.75) is 26.7 Å². The molecule has 0 aliphatic rings. The van der Waals surface area contributed by atoms with Gasteiger partial charge in [0.1, 0.15) is 16.5 Å². The van der Waals surface area contributed by atoms with E-state index >= 15 is 0 Å². The Labute approximate surface area is 159 Å². The molecule has 1 N–H and O–H groups in total. The molecule has 0 unspecified atom stereocenters. The van der Waals surface area contributed by atoms with Crippen molar-refractivity contribution in [2.24, 2.45) is 7.05 Å².